The number of rotatable bonds is 6. The van der Waals surface area contributed by atoms with E-state index in [1.807, 2.05) is 6.92 Å². The third-order valence-electron chi connectivity index (χ3n) is 2.97. The lowest BCUT2D eigenvalue weighted by atomic mass is 10.0. The summed E-state index contributed by atoms with van der Waals surface area (Å²) in [5.41, 5.74) is 7.16. The Hall–Kier alpha value is -1.59. The van der Waals surface area contributed by atoms with Gasteiger partial charge in [0.25, 0.3) is 0 Å². The molecule has 2 aromatic rings. The van der Waals surface area contributed by atoms with Crippen LogP contribution in [0.4, 0.5) is 5.82 Å². The zero-order valence-corrected chi connectivity index (χ0v) is 13.5. The van der Waals surface area contributed by atoms with Crippen molar-refractivity contribution in [1.29, 1.82) is 0 Å². The number of aromatic nitrogens is 2. The van der Waals surface area contributed by atoms with Gasteiger partial charge in [-0.2, -0.15) is 0 Å². The zero-order chi connectivity index (χ0) is 15.2. The molecular formula is C16H21N3OS. The Bertz CT molecular complexity index is 585. The highest BCUT2D eigenvalue weighted by Gasteiger charge is 2.06. The normalized spacial score (nSPS) is 11.0. The summed E-state index contributed by atoms with van der Waals surface area (Å²) >= 11 is 1.58. The molecule has 1 heterocycles. The van der Waals surface area contributed by atoms with E-state index in [0.29, 0.717) is 30.8 Å². The molecule has 0 saturated heterocycles. The van der Waals surface area contributed by atoms with Crippen molar-refractivity contribution in [2.45, 2.75) is 43.2 Å². The van der Waals surface area contributed by atoms with Crippen LogP contribution in [0.15, 0.2) is 40.3 Å². The average Bonchev–Trinajstić information content (AvgIpc) is 2.45. The van der Waals surface area contributed by atoms with Gasteiger partial charge in [0.1, 0.15) is 17.5 Å². The molecule has 0 aliphatic carbocycles. The number of hydrogen-bond donors (Lipinski definition) is 1. The second-order valence-electron chi connectivity index (χ2n) is 5.01. The molecule has 0 aliphatic heterocycles. The van der Waals surface area contributed by atoms with Crippen LogP contribution in [0.1, 0.15) is 38.1 Å². The average molecular weight is 303 g/mol. The van der Waals surface area contributed by atoms with Gasteiger partial charge in [-0.1, -0.05) is 37.7 Å². The van der Waals surface area contributed by atoms with E-state index in [1.54, 1.807) is 17.8 Å². The maximum absolute atomic E-state index is 5.83. The van der Waals surface area contributed by atoms with Gasteiger partial charge in [-0.3, -0.25) is 0 Å². The Morgan fingerprint density at radius 2 is 1.90 bits per heavy atom. The van der Waals surface area contributed by atoms with Crippen LogP contribution in [0.5, 0.6) is 0 Å². The minimum Gasteiger partial charge on any atom is -0.384 e. The highest BCUT2D eigenvalue weighted by molar-refractivity contribution is 7.99. The molecule has 0 atom stereocenters. The summed E-state index contributed by atoms with van der Waals surface area (Å²) in [4.78, 5) is 9.79. The van der Waals surface area contributed by atoms with Crippen LogP contribution in [0, 0.1) is 0 Å². The second-order valence-corrected chi connectivity index (χ2v) is 6.10. The van der Waals surface area contributed by atoms with E-state index >= 15 is 0 Å². The van der Waals surface area contributed by atoms with Gasteiger partial charge in [-0.05, 0) is 30.5 Å². The highest BCUT2D eigenvalue weighted by atomic mass is 32.2. The van der Waals surface area contributed by atoms with Crippen LogP contribution in [0.2, 0.25) is 0 Å². The van der Waals surface area contributed by atoms with Gasteiger partial charge in [-0.15, -0.1) is 0 Å². The van der Waals surface area contributed by atoms with E-state index in [4.69, 9.17) is 10.5 Å². The van der Waals surface area contributed by atoms with Crippen LogP contribution in [0.25, 0.3) is 0 Å². The number of nitrogen functional groups attached to an aromatic ring is 1. The number of hydrogen-bond acceptors (Lipinski definition) is 5. The first-order chi connectivity index (χ1) is 10.1. The SMILES string of the molecule is CCOCc1nc(N)cc(Sc2ccc(C(C)C)cc2)n1. The van der Waals surface area contributed by atoms with Gasteiger partial charge in [0.05, 0.1) is 0 Å². The molecule has 21 heavy (non-hydrogen) atoms. The molecule has 0 aliphatic rings. The lowest BCUT2D eigenvalue weighted by molar-refractivity contribution is 0.128. The Labute approximate surface area is 130 Å². The molecule has 0 saturated carbocycles. The standard InChI is InChI=1S/C16H21N3OS/c1-4-20-10-15-18-14(17)9-16(19-15)21-13-7-5-12(6-8-13)11(2)3/h5-9,11H,4,10H2,1-3H3,(H2,17,18,19). The molecule has 0 unspecified atom stereocenters. The Morgan fingerprint density at radius 3 is 2.52 bits per heavy atom. The molecule has 0 spiro atoms. The van der Waals surface area contributed by atoms with E-state index in [9.17, 15) is 0 Å². The summed E-state index contributed by atoms with van der Waals surface area (Å²) < 4.78 is 5.33. The molecule has 5 heteroatoms. The van der Waals surface area contributed by atoms with Crippen molar-refractivity contribution in [3.8, 4) is 0 Å². The molecule has 1 aromatic carbocycles. The predicted molar refractivity (Wildman–Crippen MR) is 86.4 cm³/mol. The largest absolute Gasteiger partial charge is 0.384 e. The molecule has 2 rings (SSSR count). The number of benzene rings is 1. The van der Waals surface area contributed by atoms with Gasteiger partial charge in [-0.25, -0.2) is 9.97 Å². The molecule has 4 nitrogen and oxygen atoms in total. The molecular weight excluding hydrogens is 282 g/mol. The summed E-state index contributed by atoms with van der Waals surface area (Å²) in [6, 6.07) is 10.3. The first-order valence-electron chi connectivity index (χ1n) is 7.07. The van der Waals surface area contributed by atoms with Crippen LogP contribution in [-0.2, 0) is 11.3 Å². The van der Waals surface area contributed by atoms with E-state index in [2.05, 4.69) is 48.1 Å². The van der Waals surface area contributed by atoms with Crippen molar-refractivity contribution in [3.63, 3.8) is 0 Å². The number of nitrogens with zero attached hydrogens (tertiary/aromatic N) is 2. The van der Waals surface area contributed by atoms with Crippen molar-refractivity contribution in [3.05, 3.63) is 41.7 Å². The summed E-state index contributed by atoms with van der Waals surface area (Å²) in [6.07, 6.45) is 0. The van der Waals surface area contributed by atoms with Crippen molar-refractivity contribution in [1.82, 2.24) is 9.97 Å². The minimum atomic E-state index is 0.390. The quantitative estimate of drug-likeness (QED) is 0.821. The summed E-state index contributed by atoms with van der Waals surface area (Å²) in [5, 5.41) is 0.842. The number of anilines is 1. The maximum Gasteiger partial charge on any atom is 0.157 e. The smallest absolute Gasteiger partial charge is 0.157 e. The predicted octanol–water partition coefficient (Wildman–Crippen LogP) is 3.87. The van der Waals surface area contributed by atoms with Gasteiger partial charge < -0.3 is 10.5 Å². The van der Waals surface area contributed by atoms with Gasteiger partial charge in [0.2, 0.25) is 0 Å². The van der Waals surface area contributed by atoms with Crippen LogP contribution >= 0.6 is 11.8 Å². The van der Waals surface area contributed by atoms with Crippen LogP contribution in [-0.4, -0.2) is 16.6 Å². The molecule has 0 fully saturated rings. The van der Waals surface area contributed by atoms with E-state index < -0.39 is 0 Å². The summed E-state index contributed by atoms with van der Waals surface area (Å²) in [6.45, 7) is 7.34. The Kier molecular flexibility index (Phi) is 5.59. The zero-order valence-electron chi connectivity index (χ0n) is 12.7. The molecule has 1 aromatic heterocycles. The van der Waals surface area contributed by atoms with E-state index in [-0.39, 0.29) is 0 Å². The number of ether oxygens (including phenoxy) is 1. The Morgan fingerprint density at radius 1 is 1.19 bits per heavy atom. The van der Waals surface area contributed by atoms with E-state index in [0.717, 1.165) is 9.92 Å². The summed E-state index contributed by atoms with van der Waals surface area (Å²) in [5.74, 6) is 1.63. The molecule has 0 bridgehead atoms. The van der Waals surface area contributed by atoms with Crippen LogP contribution in [0.3, 0.4) is 0 Å². The van der Waals surface area contributed by atoms with Crippen molar-refractivity contribution >= 4 is 17.6 Å². The Balaban J connectivity index is 2.12. The molecule has 112 valence electrons. The summed E-state index contributed by atoms with van der Waals surface area (Å²) in [7, 11) is 0. The highest BCUT2D eigenvalue weighted by Crippen LogP contribution is 2.28. The van der Waals surface area contributed by atoms with Crippen molar-refractivity contribution in [2.24, 2.45) is 0 Å². The lowest BCUT2D eigenvalue weighted by Gasteiger charge is -2.08. The molecule has 2 N–H and O–H groups in total. The van der Waals surface area contributed by atoms with Gasteiger partial charge >= 0.3 is 0 Å². The van der Waals surface area contributed by atoms with E-state index in [1.165, 1.54) is 5.56 Å². The second kappa shape index (κ2) is 7.43. The third-order valence-corrected chi connectivity index (χ3v) is 3.90. The first-order valence-corrected chi connectivity index (χ1v) is 7.89. The fourth-order valence-electron chi connectivity index (χ4n) is 1.84. The number of nitrogens with two attached hydrogens (primary N) is 1. The van der Waals surface area contributed by atoms with Crippen molar-refractivity contribution < 1.29 is 4.74 Å². The monoisotopic (exact) mass is 303 g/mol. The van der Waals surface area contributed by atoms with Crippen molar-refractivity contribution in [2.75, 3.05) is 12.3 Å². The van der Waals surface area contributed by atoms with Crippen LogP contribution < -0.4 is 5.73 Å². The fourth-order valence-corrected chi connectivity index (χ4v) is 2.69. The topological polar surface area (TPSA) is 61.0 Å². The van der Waals surface area contributed by atoms with Gasteiger partial charge in [0, 0.05) is 17.6 Å². The molecule has 0 amide bonds. The third kappa shape index (κ3) is 4.72. The fraction of sp³-hybridized carbons (Fsp3) is 0.375. The van der Waals surface area contributed by atoms with Gasteiger partial charge in [0.15, 0.2) is 5.82 Å². The minimum absolute atomic E-state index is 0.390. The maximum atomic E-state index is 5.83. The first kappa shape index (κ1) is 15.8. The molecule has 0 radical (unpaired) electrons. The lowest BCUT2D eigenvalue weighted by Crippen LogP contribution is -2.03.